The lowest BCUT2D eigenvalue weighted by atomic mass is 10.1. The first-order valence-electron chi connectivity index (χ1n) is 14.9. The summed E-state index contributed by atoms with van der Waals surface area (Å²) in [6.07, 6.45) is 5.87. The summed E-state index contributed by atoms with van der Waals surface area (Å²) in [5.74, 6) is -0.423. The number of thiophene rings is 2. The van der Waals surface area contributed by atoms with E-state index in [0.717, 1.165) is 59.0 Å². The highest BCUT2D eigenvalue weighted by atomic mass is 35.5. The first-order chi connectivity index (χ1) is 21.2. The third-order valence-corrected chi connectivity index (χ3v) is 12.9. The maximum Gasteiger partial charge on any atom is 0.250 e. The molecule has 3 aromatic heterocycles. The van der Waals surface area contributed by atoms with Crippen LogP contribution in [-0.4, -0.2) is 91.8 Å². The number of aromatic amines is 1. The molecule has 0 radical (unpaired) electrons. The molecule has 0 bridgehead atoms. The van der Waals surface area contributed by atoms with Crippen molar-refractivity contribution < 1.29 is 18.0 Å². The molecule has 2 amide bonds. The Balaban J connectivity index is 1.03. The van der Waals surface area contributed by atoms with Crippen molar-refractivity contribution >= 4 is 67.0 Å². The number of halogens is 1. The largest absolute Gasteiger partial charge is 0.361 e. The van der Waals surface area contributed by atoms with Gasteiger partial charge in [0.2, 0.25) is 11.8 Å². The number of H-pyrrole nitrogens is 1. The van der Waals surface area contributed by atoms with Gasteiger partial charge in [0, 0.05) is 59.1 Å². The number of hydrogen-bond donors (Lipinski definition) is 2. The van der Waals surface area contributed by atoms with Crippen molar-refractivity contribution in [3.63, 3.8) is 0 Å². The second kappa shape index (κ2) is 13.3. The number of piperidine rings is 1. The molecule has 2 fully saturated rings. The topological polar surface area (TPSA) is 106 Å². The van der Waals surface area contributed by atoms with Crippen molar-refractivity contribution in [2.45, 2.75) is 48.4 Å². The highest BCUT2D eigenvalue weighted by molar-refractivity contribution is 7.91. The molecule has 4 aromatic rings. The smallest absolute Gasteiger partial charge is 0.250 e. The van der Waals surface area contributed by atoms with Crippen LogP contribution in [0.15, 0.2) is 58.9 Å². The molecular formula is C31H36ClN5O4S3. The third kappa shape index (κ3) is 6.90. The van der Waals surface area contributed by atoms with Gasteiger partial charge >= 0.3 is 0 Å². The molecule has 9 nitrogen and oxygen atoms in total. The van der Waals surface area contributed by atoms with E-state index in [-0.39, 0.29) is 28.6 Å². The molecular weight excluding hydrogens is 638 g/mol. The SMILES string of the molecule is CN(CCc1c[nH]c2ccccc12)C[C@@H]1CCCN1C(=O)CN1CCC[C@H](NS(=O)(=O)c2ccc(-c3ccc(Cl)s3)s2)C1=O. The lowest BCUT2D eigenvalue weighted by Gasteiger charge is -2.34. The lowest BCUT2D eigenvalue weighted by molar-refractivity contribution is -0.143. The number of nitrogens with one attached hydrogen (secondary N) is 2. The summed E-state index contributed by atoms with van der Waals surface area (Å²) in [6.45, 7) is 2.72. The van der Waals surface area contributed by atoms with Crippen LogP contribution in [0.5, 0.6) is 0 Å². The van der Waals surface area contributed by atoms with Gasteiger partial charge < -0.3 is 19.7 Å². The van der Waals surface area contributed by atoms with Crippen LogP contribution >= 0.6 is 34.3 Å². The number of rotatable bonds is 11. The van der Waals surface area contributed by atoms with Gasteiger partial charge in [-0.2, -0.15) is 4.72 Å². The number of para-hydroxylation sites is 1. The molecule has 234 valence electrons. The van der Waals surface area contributed by atoms with Crippen molar-refractivity contribution in [2.24, 2.45) is 0 Å². The Hall–Kier alpha value is -2.74. The van der Waals surface area contributed by atoms with Crippen molar-refractivity contribution in [1.29, 1.82) is 0 Å². The van der Waals surface area contributed by atoms with E-state index in [1.807, 2.05) is 17.0 Å². The summed E-state index contributed by atoms with van der Waals surface area (Å²) in [7, 11) is -1.82. The number of fused-ring (bicyclic) bond motifs is 1. The van der Waals surface area contributed by atoms with Gasteiger partial charge in [0.15, 0.2) is 0 Å². The summed E-state index contributed by atoms with van der Waals surface area (Å²) >= 11 is 8.56. The number of hydrogen-bond acceptors (Lipinski definition) is 7. The highest BCUT2D eigenvalue weighted by Crippen LogP contribution is 2.37. The molecule has 2 N–H and O–H groups in total. The van der Waals surface area contributed by atoms with Gasteiger partial charge in [-0.3, -0.25) is 9.59 Å². The van der Waals surface area contributed by atoms with Crippen molar-refractivity contribution in [3.8, 4) is 9.75 Å². The van der Waals surface area contributed by atoms with E-state index in [0.29, 0.717) is 30.3 Å². The second-order valence-electron chi connectivity index (χ2n) is 11.6. The predicted octanol–water partition coefficient (Wildman–Crippen LogP) is 5.05. The van der Waals surface area contributed by atoms with E-state index in [9.17, 15) is 18.0 Å². The van der Waals surface area contributed by atoms with Gasteiger partial charge in [-0.05, 0) is 75.0 Å². The van der Waals surface area contributed by atoms with Crippen molar-refractivity contribution in [3.05, 3.63) is 64.6 Å². The van der Waals surface area contributed by atoms with Gasteiger partial charge in [0.1, 0.15) is 10.3 Å². The summed E-state index contributed by atoms with van der Waals surface area (Å²) in [5, 5.41) is 1.24. The average Bonchev–Trinajstić information content (AvgIpc) is 3.81. The number of aromatic nitrogens is 1. The molecule has 0 spiro atoms. The van der Waals surface area contributed by atoms with Gasteiger partial charge in [-0.25, -0.2) is 8.42 Å². The maximum atomic E-state index is 13.5. The number of likely N-dealkylation sites (tertiary alicyclic amines) is 2. The van der Waals surface area contributed by atoms with E-state index in [4.69, 9.17) is 11.6 Å². The Bertz CT molecular complexity index is 1750. The fourth-order valence-corrected chi connectivity index (χ4v) is 9.88. The van der Waals surface area contributed by atoms with Crippen molar-refractivity contribution in [2.75, 3.05) is 39.8 Å². The van der Waals surface area contributed by atoms with E-state index in [1.54, 1.807) is 18.2 Å². The van der Waals surface area contributed by atoms with Crippen LogP contribution in [0.4, 0.5) is 0 Å². The number of nitrogens with zero attached hydrogens (tertiary/aromatic N) is 3. The van der Waals surface area contributed by atoms with Crippen LogP contribution in [0.1, 0.15) is 31.2 Å². The average molecular weight is 674 g/mol. The minimum Gasteiger partial charge on any atom is -0.361 e. The Morgan fingerprint density at radius 2 is 1.84 bits per heavy atom. The van der Waals surface area contributed by atoms with Crippen LogP contribution in [0.3, 0.4) is 0 Å². The quantitative estimate of drug-likeness (QED) is 0.232. The molecule has 0 unspecified atom stereocenters. The Labute approximate surface area is 270 Å². The zero-order chi connectivity index (χ0) is 30.8. The minimum atomic E-state index is -3.91. The number of carbonyl (C=O) groups is 2. The molecule has 2 aliphatic rings. The molecule has 6 rings (SSSR count). The van der Waals surface area contributed by atoms with Crippen LogP contribution in [0, 0.1) is 0 Å². The molecule has 13 heteroatoms. The van der Waals surface area contributed by atoms with Crippen LogP contribution in [-0.2, 0) is 26.0 Å². The summed E-state index contributed by atoms with van der Waals surface area (Å²) in [6, 6.07) is 14.4. The molecule has 2 aliphatic heterocycles. The standard InChI is InChI=1S/C31H36ClN5O4S3/c1-35(17-14-21-18-33-24-8-3-2-7-23(21)24)19-22-6-4-16-37(22)29(38)20-36-15-5-9-25(31(36)39)34-44(40,41)30-13-11-27(43-30)26-10-12-28(32)42-26/h2-3,7-8,10-13,18,22,25,33-34H,4-6,9,14-17,19-20H2,1H3/t22-,25-/m0/s1. The van der Waals surface area contributed by atoms with E-state index < -0.39 is 16.1 Å². The minimum absolute atomic E-state index is 0.0328. The Morgan fingerprint density at radius 1 is 1.07 bits per heavy atom. The Morgan fingerprint density at radius 3 is 2.66 bits per heavy atom. The zero-order valence-corrected chi connectivity index (χ0v) is 27.7. The lowest BCUT2D eigenvalue weighted by Crippen LogP contribution is -2.55. The van der Waals surface area contributed by atoms with Gasteiger partial charge in [0.25, 0.3) is 10.0 Å². The molecule has 5 heterocycles. The summed E-state index contributed by atoms with van der Waals surface area (Å²) < 4.78 is 29.8. The molecule has 0 saturated carbocycles. The van der Waals surface area contributed by atoms with Crippen LogP contribution in [0.2, 0.25) is 4.34 Å². The Kier molecular flexibility index (Phi) is 9.46. The molecule has 1 aromatic carbocycles. The zero-order valence-electron chi connectivity index (χ0n) is 24.5. The summed E-state index contributed by atoms with van der Waals surface area (Å²) in [5.41, 5.74) is 2.42. The number of likely N-dealkylation sites (N-methyl/N-ethyl adjacent to an activating group) is 1. The predicted molar refractivity (Wildman–Crippen MR) is 177 cm³/mol. The monoisotopic (exact) mass is 673 g/mol. The summed E-state index contributed by atoms with van der Waals surface area (Å²) in [4.78, 5) is 37.6. The van der Waals surface area contributed by atoms with E-state index >= 15 is 0 Å². The van der Waals surface area contributed by atoms with Crippen LogP contribution < -0.4 is 4.72 Å². The van der Waals surface area contributed by atoms with E-state index in [2.05, 4.69) is 46.0 Å². The number of amides is 2. The van der Waals surface area contributed by atoms with Crippen LogP contribution in [0.25, 0.3) is 20.7 Å². The van der Waals surface area contributed by atoms with E-state index in [1.165, 1.54) is 27.2 Å². The molecule has 2 atom stereocenters. The number of carbonyl (C=O) groups excluding carboxylic acids is 2. The normalized spacial score (nSPS) is 19.5. The second-order valence-corrected chi connectivity index (χ2v) is 16.3. The van der Waals surface area contributed by atoms with Gasteiger partial charge in [-0.1, -0.05) is 29.8 Å². The number of sulfonamides is 1. The van der Waals surface area contributed by atoms with Crippen molar-refractivity contribution in [1.82, 2.24) is 24.4 Å². The molecule has 2 saturated heterocycles. The van der Waals surface area contributed by atoms with Gasteiger partial charge in [-0.15, -0.1) is 22.7 Å². The maximum absolute atomic E-state index is 13.5. The fourth-order valence-electron chi connectivity index (χ4n) is 6.20. The fraction of sp³-hybridized carbons (Fsp3) is 0.419. The molecule has 44 heavy (non-hydrogen) atoms. The van der Waals surface area contributed by atoms with Gasteiger partial charge in [0.05, 0.1) is 10.9 Å². The third-order valence-electron chi connectivity index (χ3n) is 8.47. The number of benzene rings is 1. The first kappa shape index (κ1) is 31.3. The first-order valence-corrected chi connectivity index (χ1v) is 18.4. The highest BCUT2D eigenvalue weighted by Gasteiger charge is 2.36. The molecule has 0 aliphatic carbocycles.